The number of aryl methyl sites for hydroxylation is 2. The first kappa shape index (κ1) is 14.8. The van der Waals surface area contributed by atoms with E-state index in [1.54, 1.807) is 0 Å². The normalized spacial score (nSPS) is 16.1. The molecular weight excluding hydrogens is 274 g/mol. The van der Waals surface area contributed by atoms with Crippen LogP contribution in [0.5, 0.6) is 0 Å². The second-order valence-corrected chi connectivity index (χ2v) is 7.40. The Hall–Kier alpha value is -1.12. The van der Waals surface area contributed by atoms with E-state index >= 15 is 0 Å². The Kier molecular flexibility index (Phi) is 4.46. The Morgan fingerprint density at radius 2 is 2.00 bits per heavy atom. The molecule has 112 valence electrons. The zero-order valence-electron chi connectivity index (χ0n) is 13.3. The van der Waals surface area contributed by atoms with Crippen molar-refractivity contribution in [3.05, 3.63) is 46.3 Å². The molecule has 1 saturated carbocycles. The maximum atomic E-state index is 3.75. The van der Waals surface area contributed by atoms with Gasteiger partial charge in [0.2, 0.25) is 0 Å². The first-order valence-electron chi connectivity index (χ1n) is 8.09. The quantitative estimate of drug-likeness (QED) is 0.744. The molecule has 2 aromatic rings. The number of hydrogen-bond acceptors (Lipinski definition) is 2. The van der Waals surface area contributed by atoms with E-state index < -0.39 is 0 Å². The van der Waals surface area contributed by atoms with Crippen LogP contribution in [0.4, 0.5) is 0 Å². The van der Waals surface area contributed by atoms with Crippen LogP contribution >= 0.6 is 11.3 Å². The number of benzene rings is 1. The maximum absolute atomic E-state index is 3.75. The molecule has 3 rings (SSSR count). The Balaban J connectivity index is 1.86. The molecule has 1 N–H and O–H groups in total. The second-order valence-electron chi connectivity index (χ2n) is 6.29. The summed E-state index contributed by atoms with van der Waals surface area (Å²) in [7, 11) is 0. The molecule has 1 aliphatic rings. The SMILES string of the molecule is CCCNC(c1ccc(-c2cc(C)ccc2C)s1)C1CC1. The summed E-state index contributed by atoms with van der Waals surface area (Å²) in [5.74, 6) is 0.863. The van der Waals surface area contributed by atoms with E-state index in [4.69, 9.17) is 0 Å². The van der Waals surface area contributed by atoms with Crippen molar-refractivity contribution in [3.63, 3.8) is 0 Å². The topological polar surface area (TPSA) is 12.0 Å². The third-order valence-corrected chi connectivity index (χ3v) is 5.50. The Morgan fingerprint density at radius 3 is 2.71 bits per heavy atom. The number of nitrogens with one attached hydrogen (secondary N) is 1. The number of hydrogen-bond donors (Lipinski definition) is 1. The van der Waals surface area contributed by atoms with E-state index in [9.17, 15) is 0 Å². The Labute approximate surface area is 132 Å². The van der Waals surface area contributed by atoms with Crippen molar-refractivity contribution in [1.82, 2.24) is 5.32 Å². The fourth-order valence-corrected chi connectivity index (χ4v) is 4.15. The molecule has 0 amide bonds. The van der Waals surface area contributed by atoms with Crippen molar-refractivity contribution in [2.75, 3.05) is 6.54 Å². The lowest BCUT2D eigenvalue weighted by Gasteiger charge is -2.16. The van der Waals surface area contributed by atoms with Gasteiger partial charge in [-0.05, 0) is 68.8 Å². The molecule has 0 spiro atoms. The van der Waals surface area contributed by atoms with Crippen LogP contribution in [0.15, 0.2) is 30.3 Å². The first-order valence-corrected chi connectivity index (χ1v) is 8.91. The number of rotatable bonds is 6. The van der Waals surface area contributed by atoms with Gasteiger partial charge >= 0.3 is 0 Å². The van der Waals surface area contributed by atoms with E-state index in [2.05, 4.69) is 56.4 Å². The van der Waals surface area contributed by atoms with Crippen molar-refractivity contribution in [2.45, 2.75) is 46.1 Å². The summed E-state index contributed by atoms with van der Waals surface area (Å²) in [5, 5.41) is 3.75. The summed E-state index contributed by atoms with van der Waals surface area (Å²) >= 11 is 1.97. The third kappa shape index (κ3) is 3.38. The summed E-state index contributed by atoms with van der Waals surface area (Å²) in [6.45, 7) is 7.75. The maximum Gasteiger partial charge on any atom is 0.0443 e. The minimum atomic E-state index is 0.578. The van der Waals surface area contributed by atoms with Crippen LogP contribution in [-0.2, 0) is 0 Å². The van der Waals surface area contributed by atoms with E-state index in [0.717, 1.165) is 12.5 Å². The van der Waals surface area contributed by atoms with Crippen molar-refractivity contribution in [3.8, 4) is 10.4 Å². The molecule has 0 saturated heterocycles. The fourth-order valence-electron chi connectivity index (χ4n) is 2.90. The molecule has 1 atom stereocenters. The Bertz CT molecular complexity index is 610. The summed E-state index contributed by atoms with van der Waals surface area (Å²) in [4.78, 5) is 2.93. The highest BCUT2D eigenvalue weighted by Gasteiger charge is 2.32. The molecule has 21 heavy (non-hydrogen) atoms. The van der Waals surface area contributed by atoms with Crippen LogP contribution in [-0.4, -0.2) is 6.54 Å². The predicted octanol–water partition coefficient (Wildman–Crippen LogP) is 5.48. The largest absolute Gasteiger partial charge is 0.309 e. The van der Waals surface area contributed by atoms with Gasteiger partial charge in [-0.25, -0.2) is 0 Å². The van der Waals surface area contributed by atoms with Gasteiger partial charge in [0, 0.05) is 15.8 Å². The van der Waals surface area contributed by atoms with Gasteiger partial charge in [-0.2, -0.15) is 0 Å². The van der Waals surface area contributed by atoms with Gasteiger partial charge in [0.05, 0.1) is 0 Å². The van der Waals surface area contributed by atoms with Crippen LogP contribution in [0.3, 0.4) is 0 Å². The molecule has 2 heteroatoms. The highest BCUT2D eigenvalue weighted by atomic mass is 32.1. The molecule has 1 fully saturated rings. The highest BCUT2D eigenvalue weighted by Crippen LogP contribution is 2.44. The molecular formula is C19H25NS. The molecule has 1 nitrogen and oxygen atoms in total. The number of thiophene rings is 1. The van der Waals surface area contributed by atoms with E-state index in [1.807, 2.05) is 11.3 Å². The van der Waals surface area contributed by atoms with Crippen LogP contribution < -0.4 is 5.32 Å². The van der Waals surface area contributed by atoms with Gasteiger partial charge in [-0.3, -0.25) is 0 Å². The van der Waals surface area contributed by atoms with Crippen LogP contribution in [0, 0.1) is 19.8 Å². The van der Waals surface area contributed by atoms with E-state index in [-0.39, 0.29) is 0 Å². The summed E-state index contributed by atoms with van der Waals surface area (Å²) in [5.41, 5.74) is 4.11. The van der Waals surface area contributed by atoms with Gasteiger partial charge in [0.1, 0.15) is 0 Å². The smallest absolute Gasteiger partial charge is 0.0443 e. The lowest BCUT2D eigenvalue weighted by molar-refractivity contribution is 0.488. The zero-order chi connectivity index (χ0) is 14.8. The second kappa shape index (κ2) is 6.33. The van der Waals surface area contributed by atoms with Crippen molar-refractivity contribution in [2.24, 2.45) is 5.92 Å². The van der Waals surface area contributed by atoms with Gasteiger partial charge in [-0.15, -0.1) is 11.3 Å². The minimum Gasteiger partial charge on any atom is -0.309 e. The molecule has 1 aromatic carbocycles. The average molecular weight is 299 g/mol. The summed E-state index contributed by atoms with van der Waals surface area (Å²) < 4.78 is 0. The standard InChI is InChI=1S/C19H25NS/c1-4-11-20-19(15-7-8-15)18-10-9-17(21-18)16-12-13(2)5-6-14(16)3/h5-6,9-10,12,15,19-20H,4,7-8,11H2,1-3H3. The van der Waals surface area contributed by atoms with E-state index in [0.29, 0.717) is 6.04 Å². The molecule has 0 radical (unpaired) electrons. The van der Waals surface area contributed by atoms with Crippen LogP contribution in [0.25, 0.3) is 10.4 Å². The predicted molar refractivity (Wildman–Crippen MR) is 93.0 cm³/mol. The minimum absolute atomic E-state index is 0.578. The summed E-state index contributed by atoms with van der Waals surface area (Å²) in [6.07, 6.45) is 3.98. The molecule has 1 unspecified atom stereocenters. The molecule has 1 aromatic heterocycles. The summed E-state index contributed by atoms with van der Waals surface area (Å²) in [6, 6.07) is 12.0. The molecule has 0 bridgehead atoms. The van der Waals surface area contributed by atoms with Gasteiger partial charge in [-0.1, -0.05) is 30.7 Å². The van der Waals surface area contributed by atoms with Crippen molar-refractivity contribution < 1.29 is 0 Å². The van der Waals surface area contributed by atoms with E-state index in [1.165, 1.54) is 45.7 Å². The third-order valence-electron chi connectivity index (χ3n) is 4.30. The first-order chi connectivity index (χ1) is 10.2. The molecule has 1 heterocycles. The lowest BCUT2D eigenvalue weighted by Crippen LogP contribution is -2.22. The molecule has 0 aliphatic heterocycles. The zero-order valence-corrected chi connectivity index (χ0v) is 14.1. The average Bonchev–Trinajstić information content (AvgIpc) is 3.19. The highest BCUT2D eigenvalue weighted by molar-refractivity contribution is 7.15. The van der Waals surface area contributed by atoms with Crippen LogP contribution in [0.1, 0.15) is 48.2 Å². The van der Waals surface area contributed by atoms with Gasteiger partial charge in [0.15, 0.2) is 0 Å². The molecule has 1 aliphatic carbocycles. The van der Waals surface area contributed by atoms with Crippen molar-refractivity contribution >= 4 is 11.3 Å². The fraction of sp³-hybridized carbons (Fsp3) is 0.474. The monoisotopic (exact) mass is 299 g/mol. The van der Waals surface area contributed by atoms with Crippen LogP contribution in [0.2, 0.25) is 0 Å². The van der Waals surface area contributed by atoms with Crippen molar-refractivity contribution in [1.29, 1.82) is 0 Å². The van der Waals surface area contributed by atoms with Gasteiger partial charge in [0.25, 0.3) is 0 Å². The lowest BCUT2D eigenvalue weighted by atomic mass is 10.0. The Morgan fingerprint density at radius 1 is 1.19 bits per heavy atom. The van der Waals surface area contributed by atoms with Gasteiger partial charge < -0.3 is 5.32 Å².